The van der Waals surface area contributed by atoms with Crippen molar-refractivity contribution < 1.29 is 14.3 Å². The Kier molecular flexibility index (Phi) is 11.2. The highest BCUT2D eigenvalue weighted by Crippen LogP contribution is 2.32. The Morgan fingerprint density at radius 3 is 1.88 bits per heavy atom. The molecule has 0 aromatic rings. The van der Waals surface area contributed by atoms with Crippen LogP contribution in [-0.4, -0.2) is 29.7 Å². The molecule has 2 rings (SSSR count). The van der Waals surface area contributed by atoms with E-state index in [0.717, 1.165) is 12.8 Å². The number of hydrogen-bond acceptors (Lipinski definition) is 3. The maximum atomic E-state index is 13.6. The molecule has 0 heterocycles. The number of hydrogen-bond donors (Lipinski definition) is 2. The van der Waals surface area contributed by atoms with Crippen LogP contribution < -0.4 is 10.6 Å². The van der Waals surface area contributed by atoms with Gasteiger partial charge in [-0.05, 0) is 51.4 Å². The third-order valence-corrected chi connectivity index (χ3v) is 7.39. The minimum absolute atomic E-state index is 0.0151. The lowest BCUT2D eigenvalue weighted by molar-refractivity contribution is -0.128. The van der Waals surface area contributed by atoms with E-state index in [0.29, 0.717) is 11.8 Å². The maximum Gasteiger partial charge on any atom is 0.407 e. The molecule has 0 radical (unpaired) electrons. The summed E-state index contributed by atoms with van der Waals surface area (Å²) in [4.78, 5) is 26.3. The van der Waals surface area contributed by atoms with Crippen LogP contribution in [0.4, 0.5) is 4.79 Å². The van der Waals surface area contributed by atoms with Crippen molar-refractivity contribution in [3.63, 3.8) is 0 Å². The summed E-state index contributed by atoms with van der Waals surface area (Å²) in [6.45, 7) is 13.8. The van der Waals surface area contributed by atoms with E-state index in [2.05, 4.69) is 31.1 Å². The summed E-state index contributed by atoms with van der Waals surface area (Å²) in [6.07, 6.45) is 15.8. The van der Waals surface area contributed by atoms with Crippen molar-refractivity contribution in [2.24, 2.45) is 23.7 Å². The van der Waals surface area contributed by atoms with Gasteiger partial charge >= 0.3 is 6.09 Å². The van der Waals surface area contributed by atoms with E-state index >= 15 is 0 Å². The zero-order chi connectivity index (χ0) is 24.4. The predicted molar refractivity (Wildman–Crippen MR) is 136 cm³/mol. The first-order valence-corrected chi connectivity index (χ1v) is 13.5. The normalized spacial score (nSPS) is 21.2. The van der Waals surface area contributed by atoms with E-state index in [1.54, 1.807) is 0 Å². The topological polar surface area (TPSA) is 67.4 Å². The van der Waals surface area contributed by atoms with Crippen LogP contribution in [0.25, 0.3) is 0 Å². The Balaban J connectivity index is 2.12. The zero-order valence-electron chi connectivity index (χ0n) is 22.0. The first kappa shape index (κ1) is 27.7. The van der Waals surface area contributed by atoms with Crippen LogP contribution in [0.2, 0.25) is 0 Å². The monoisotopic (exact) mass is 462 g/mol. The van der Waals surface area contributed by atoms with Crippen molar-refractivity contribution in [2.45, 2.75) is 129 Å². The fourth-order valence-electron chi connectivity index (χ4n) is 5.76. The number of rotatable bonds is 10. The number of carbonyl (C=O) groups is 2. The molecule has 2 saturated carbocycles. The van der Waals surface area contributed by atoms with Gasteiger partial charge in [-0.25, -0.2) is 4.79 Å². The second-order valence-electron chi connectivity index (χ2n) is 11.9. The maximum absolute atomic E-state index is 13.6. The van der Waals surface area contributed by atoms with E-state index in [1.165, 1.54) is 64.2 Å². The molecule has 0 aliphatic heterocycles. The molecule has 2 fully saturated rings. The van der Waals surface area contributed by atoms with Crippen molar-refractivity contribution in [3.05, 3.63) is 12.7 Å². The predicted octanol–water partition coefficient (Wildman–Crippen LogP) is 6.76. The molecule has 2 aliphatic rings. The van der Waals surface area contributed by atoms with E-state index in [9.17, 15) is 9.59 Å². The molecule has 2 aliphatic carbocycles. The average Bonchev–Trinajstić information content (AvgIpc) is 2.73. The minimum Gasteiger partial charge on any atom is -0.444 e. The van der Waals surface area contributed by atoms with E-state index in [4.69, 9.17) is 4.74 Å². The summed E-state index contributed by atoms with van der Waals surface area (Å²) < 4.78 is 5.57. The molecule has 0 bridgehead atoms. The highest BCUT2D eigenvalue weighted by molar-refractivity contribution is 5.81. The van der Waals surface area contributed by atoms with E-state index < -0.39 is 11.7 Å². The van der Waals surface area contributed by atoms with Gasteiger partial charge in [0.1, 0.15) is 5.60 Å². The van der Waals surface area contributed by atoms with Crippen LogP contribution in [0.3, 0.4) is 0 Å². The molecule has 2 amide bonds. The van der Waals surface area contributed by atoms with Gasteiger partial charge in [0.2, 0.25) is 5.91 Å². The molecule has 33 heavy (non-hydrogen) atoms. The summed E-state index contributed by atoms with van der Waals surface area (Å²) in [5.74, 6) is 1.05. The summed E-state index contributed by atoms with van der Waals surface area (Å²) in [5.41, 5.74) is -0.566. The van der Waals surface area contributed by atoms with Crippen molar-refractivity contribution in [1.29, 1.82) is 0 Å². The quantitative estimate of drug-likeness (QED) is 0.352. The highest BCUT2D eigenvalue weighted by Gasteiger charge is 2.36. The molecule has 0 spiro atoms. The van der Waals surface area contributed by atoms with Crippen molar-refractivity contribution in [1.82, 2.24) is 10.6 Å². The van der Waals surface area contributed by atoms with Crippen LogP contribution in [0.5, 0.6) is 0 Å². The Labute approximate surface area is 202 Å². The van der Waals surface area contributed by atoms with Gasteiger partial charge in [0, 0.05) is 12.1 Å². The van der Waals surface area contributed by atoms with E-state index in [-0.39, 0.29) is 29.8 Å². The molecule has 5 heteroatoms. The number of amides is 2. The fraction of sp³-hybridized carbons (Fsp3) is 0.857. The molecule has 2 N–H and O–H groups in total. The summed E-state index contributed by atoms with van der Waals surface area (Å²) >= 11 is 0. The average molecular weight is 463 g/mol. The Bertz CT molecular complexity index is 613. The molecule has 1 unspecified atom stereocenters. The van der Waals surface area contributed by atoms with Crippen molar-refractivity contribution in [3.8, 4) is 0 Å². The first-order chi connectivity index (χ1) is 15.6. The zero-order valence-corrected chi connectivity index (χ0v) is 22.0. The molecule has 3 atom stereocenters. The fourth-order valence-corrected chi connectivity index (χ4v) is 5.76. The van der Waals surface area contributed by atoms with Crippen LogP contribution >= 0.6 is 0 Å². The second kappa shape index (κ2) is 13.4. The lowest BCUT2D eigenvalue weighted by atomic mass is 9.78. The van der Waals surface area contributed by atoms with Gasteiger partial charge in [0.25, 0.3) is 0 Å². The molecular weight excluding hydrogens is 412 g/mol. The lowest BCUT2D eigenvalue weighted by Gasteiger charge is -2.35. The van der Waals surface area contributed by atoms with Gasteiger partial charge in [-0.1, -0.05) is 84.1 Å². The van der Waals surface area contributed by atoms with E-state index in [1.807, 2.05) is 26.8 Å². The third kappa shape index (κ3) is 10.1. The number of nitrogens with one attached hydrogen (secondary N) is 2. The van der Waals surface area contributed by atoms with Crippen LogP contribution in [0, 0.1) is 23.7 Å². The van der Waals surface area contributed by atoms with Crippen molar-refractivity contribution in [2.75, 3.05) is 0 Å². The Morgan fingerprint density at radius 1 is 0.909 bits per heavy atom. The van der Waals surface area contributed by atoms with Crippen LogP contribution in [0.1, 0.15) is 112 Å². The number of ether oxygens (including phenoxy) is 1. The van der Waals surface area contributed by atoms with Gasteiger partial charge in [-0.15, -0.1) is 6.58 Å². The van der Waals surface area contributed by atoms with Gasteiger partial charge in [-0.2, -0.15) is 0 Å². The largest absolute Gasteiger partial charge is 0.444 e. The molecule has 190 valence electrons. The van der Waals surface area contributed by atoms with Gasteiger partial charge in [0.15, 0.2) is 0 Å². The number of alkyl carbamates (subject to hydrolysis) is 1. The Morgan fingerprint density at radius 2 is 1.42 bits per heavy atom. The Hall–Kier alpha value is -1.52. The summed E-state index contributed by atoms with van der Waals surface area (Å²) in [5, 5.41) is 6.39. The molecule has 0 aromatic heterocycles. The molecule has 0 saturated heterocycles. The summed E-state index contributed by atoms with van der Waals surface area (Å²) in [7, 11) is 0. The lowest BCUT2D eigenvalue weighted by Crippen LogP contribution is -2.52. The standard InChI is InChI=1S/C28H50N2O3/c1-7-23(18-21-14-10-8-11-15-21)29-26(31)25(20(2)3)24(19-22-16-12-9-13-17-22)30-27(32)33-28(4,5)6/h7,20-25H,1,8-19H2,2-6H3,(H,29,31)(H,30,32)/t23?,24-,25+/m0/s1. The van der Waals surface area contributed by atoms with Gasteiger partial charge < -0.3 is 15.4 Å². The number of carbonyl (C=O) groups excluding carboxylic acids is 2. The minimum atomic E-state index is -0.566. The molecular formula is C28H50N2O3. The third-order valence-electron chi connectivity index (χ3n) is 7.39. The van der Waals surface area contributed by atoms with Gasteiger partial charge in [-0.3, -0.25) is 4.79 Å². The van der Waals surface area contributed by atoms with Crippen LogP contribution in [-0.2, 0) is 9.53 Å². The van der Waals surface area contributed by atoms with Crippen molar-refractivity contribution >= 4 is 12.0 Å². The smallest absolute Gasteiger partial charge is 0.407 e. The van der Waals surface area contributed by atoms with Crippen LogP contribution in [0.15, 0.2) is 12.7 Å². The molecule has 0 aromatic carbocycles. The summed E-state index contributed by atoms with van der Waals surface area (Å²) in [6, 6.07) is -0.248. The highest BCUT2D eigenvalue weighted by atomic mass is 16.6. The molecule has 5 nitrogen and oxygen atoms in total. The first-order valence-electron chi connectivity index (χ1n) is 13.5. The van der Waals surface area contributed by atoms with Gasteiger partial charge in [0.05, 0.1) is 5.92 Å². The second-order valence-corrected chi connectivity index (χ2v) is 11.9. The SMILES string of the molecule is C=CC(CC1CCCCC1)NC(=O)[C@H](C(C)C)[C@H](CC1CCCCC1)NC(=O)OC(C)(C)C.